The highest BCUT2D eigenvalue weighted by molar-refractivity contribution is 6.33. The number of carbonyl (C=O) groups excluding carboxylic acids is 3. The summed E-state index contributed by atoms with van der Waals surface area (Å²) in [6.45, 7) is 8.22. The van der Waals surface area contributed by atoms with Crippen LogP contribution < -0.4 is 5.32 Å². The average molecular weight is 557 g/mol. The normalized spacial score (nSPS) is 19.8. The summed E-state index contributed by atoms with van der Waals surface area (Å²) >= 11 is 6.42. The van der Waals surface area contributed by atoms with E-state index in [-0.39, 0.29) is 31.1 Å². The Labute approximate surface area is 231 Å². The first-order valence-corrected chi connectivity index (χ1v) is 13.5. The molecule has 3 amide bonds. The molecule has 2 N–H and O–H groups in total. The molecule has 0 bridgehead atoms. The maximum atomic E-state index is 13.6. The molecule has 4 heterocycles. The zero-order valence-corrected chi connectivity index (χ0v) is 23.1. The Kier molecular flexibility index (Phi) is 7.66. The summed E-state index contributed by atoms with van der Waals surface area (Å²) in [5.41, 5.74) is 1.61. The molecule has 2 fully saturated rings. The maximum absolute atomic E-state index is 13.6. The predicted molar refractivity (Wildman–Crippen MR) is 148 cm³/mol. The number of aromatic nitrogens is 2. The third kappa shape index (κ3) is 5.80. The van der Waals surface area contributed by atoms with Crippen molar-refractivity contribution in [1.29, 1.82) is 0 Å². The van der Waals surface area contributed by atoms with Crippen molar-refractivity contribution in [2.24, 2.45) is 0 Å². The predicted octanol–water partition coefficient (Wildman–Crippen LogP) is 3.09. The highest BCUT2D eigenvalue weighted by Crippen LogP contribution is 2.33. The summed E-state index contributed by atoms with van der Waals surface area (Å²) in [7, 11) is 0. The lowest BCUT2D eigenvalue weighted by atomic mass is 10.0. The van der Waals surface area contributed by atoms with Crippen molar-refractivity contribution in [2.75, 3.05) is 57.8 Å². The summed E-state index contributed by atoms with van der Waals surface area (Å²) in [5.74, 6) is -0.381. The Balaban J connectivity index is 1.31. The summed E-state index contributed by atoms with van der Waals surface area (Å²) < 4.78 is 11.1. The molecule has 0 radical (unpaired) electrons. The fourth-order valence-electron chi connectivity index (χ4n) is 5.22. The van der Waals surface area contributed by atoms with Crippen molar-refractivity contribution in [1.82, 2.24) is 24.7 Å². The van der Waals surface area contributed by atoms with Crippen LogP contribution in [-0.4, -0.2) is 107 Å². The molecule has 11 nitrogen and oxygen atoms in total. The first-order chi connectivity index (χ1) is 18.6. The lowest BCUT2D eigenvalue weighted by molar-refractivity contribution is -0.151. The van der Waals surface area contributed by atoms with E-state index in [1.165, 1.54) is 0 Å². The van der Waals surface area contributed by atoms with Gasteiger partial charge in [-0.05, 0) is 39.0 Å². The molecule has 0 aliphatic carbocycles. The Morgan fingerprint density at radius 1 is 1.18 bits per heavy atom. The molecule has 39 heavy (non-hydrogen) atoms. The van der Waals surface area contributed by atoms with E-state index in [9.17, 15) is 14.4 Å². The van der Waals surface area contributed by atoms with Gasteiger partial charge in [0.1, 0.15) is 6.04 Å². The van der Waals surface area contributed by atoms with Gasteiger partial charge in [-0.1, -0.05) is 11.6 Å². The second-order valence-corrected chi connectivity index (χ2v) is 10.9. The van der Waals surface area contributed by atoms with E-state index in [0.717, 1.165) is 21.8 Å². The van der Waals surface area contributed by atoms with Crippen molar-refractivity contribution in [3.8, 4) is 0 Å². The largest absolute Gasteiger partial charge is 0.450 e. The fraction of sp³-hybridized carbons (Fsp3) is 0.481. The van der Waals surface area contributed by atoms with Crippen molar-refractivity contribution in [2.45, 2.75) is 32.4 Å². The maximum Gasteiger partial charge on any atom is 0.409 e. The number of fused-ring (bicyclic) bond motifs is 3. The topological polar surface area (TPSA) is 120 Å². The molecule has 2 aromatic heterocycles. The average Bonchev–Trinajstić information content (AvgIpc) is 3.27. The van der Waals surface area contributed by atoms with Gasteiger partial charge in [-0.2, -0.15) is 0 Å². The van der Waals surface area contributed by atoms with Crippen molar-refractivity contribution < 1.29 is 23.9 Å². The van der Waals surface area contributed by atoms with Gasteiger partial charge in [-0.25, -0.2) is 4.79 Å². The number of aromatic amines is 1. The molecule has 5 rings (SSSR count). The van der Waals surface area contributed by atoms with E-state index in [1.807, 2.05) is 30.9 Å². The summed E-state index contributed by atoms with van der Waals surface area (Å²) in [5, 5.41) is 5.34. The number of hydrogen-bond acceptors (Lipinski definition) is 7. The molecular weight excluding hydrogens is 524 g/mol. The molecule has 0 saturated carbocycles. The first kappa shape index (κ1) is 27.2. The third-order valence-electron chi connectivity index (χ3n) is 7.19. The number of ether oxygens (including phenoxy) is 2. The number of H-pyrrole nitrogens is 1. The van der Waals surface area contributed by atoms with Gasteiger partial charge in [0.25, 0.3) is 0 Å². The van der Waals surface area contributed by atoms with Gasteiger partial charge in [-0.15, -0.1) is 0 Å². The number of carbonyl (C=O) groups is 3. The Morgan fingerprint density at radius 3 is 2.67 bits per heavy atom. The van der Waals surface area contributed by atoms with Crippen LogP contribution in [0.5, 0.6) is 0 Å². The van der Waals surface area contributed by atoms with E-state index in [0.29, 0.717) is 50.0 Å². The number of nitrogens with one attached hydrogen (secondary N) is 2. The zero-order chi connectivity index (χ0) is 27.7. The molecule has 12 heteroatoms. The van der Waals surface area contributed by atoms with Crippen LogP contribution >= 0.6 is 11.6 Å². The van der Waals surface area contributed by atoms with Gasteiger partial charge in [0.15, 0.2) is 0 Å². The Morgan fingerprint density at radius 2 is 1.92 bits per heavy atom. The lowest BCUT2D eigenvalue weighted by Gasteiger charge is -2.43. The SMILES string of the molecule is CCOC(=O)N1CCN(C(=O)CN2CC(C)(C)OC[C@H]2C(=O)Nc2cc(Cl)cc3c2[nH]c2cnccc23)CC1. The van der Waals surface area contributed by atoms with Crippen molar-refractivity contribution in [3.63, 3.8) is 0 Å². The number of amides is 3. The van der Waals surface area contributed by atoms with Gasteiger partial charge in [0.05, 0.1) is 48.3 Å². The third-order valence-corrected chi connectivity index (χ3v) is 7.41. The molecule has 0 unspecified atom stereocenters. The molecule has 2 aliphatic heterocycles. The van der Waals surface area contributed by atoms with Crippen LogP contribution in [0.3, 0.4) is 0 Å². The number of nitrogens with zero attached hydrogens (tertiary/aromatic N) is 4. The van der Waals surface area contributed by atoms with Crippen LogP contribution in [-0.2, 0) is 19.1 Å². The van der Waals surface area contributed by atoms with Crippen LogP contribution in [0.1, 0.15) is 20.8 Å². The molecule has 208 valence electrons. The van der Waals surface area contributed by atoms with Crippen LogP contribution in [0.25, 0.3) is 21.8 Å². The Bertz CT molecular complexity index is 1400. The second kappa shape index (κ2) is 11.0. The van der Waals surface area contributed by atoms with Crippen molar-refractivity contribution in [3.05, 3.63) is 35.6 Å². The highest BCUT2D eigenvalue weighted by Gasteiger charge is 2.39. The van der Waals surface area contributed by atoms with Crippen LogP contribution in [0.2, 0.25) is 5.02 Å². The number of benzene rings is 1. The molecule has 0 spiro atoms. The molecule has 3 aromatic rings. The number of pyridine rings is 1. The van der Waals surface area contributed by atoms with Gasteiger partial charge in [-0.3, -0.25) is 19.5 Å². The summed E-state index contributed by atoms with van der Waals surface area (Å²) in [6.07, 6.45) is 3.07. The molecular formula is C27H33ClN6O5. The highest BCUT2D eigenvalue weighted by atomic mass is 35.5. The van der Waals surface area contributed by atoms with Crippen LogP contribution in [0.15, 0.2) is 30.6 Å². The lowest BCUT2D eigenvalue weighted by Crippen LogP contribution is -2.61. The van der Waals surface area contributed by atoms with Gasteiger partial charge in [0, 0.05) is 54.7 Å². The molecule has 1 atom stereocenters. The second-order valence-electron chi connectivity index (χ2n) is 10.5. The van der Waals surface area contributed by atoms with Crippen LogP contribution in [0.4, 0.5) is 10.5 Å². The van der Waals surface area contributed by atoms with E-state index in [2.05, 4.69) is 15.3 Å². The zero-order valence-electron chi connectivity index (χ0n) is 22.3. The molecule has 1 aromatic carbocycles. The molecule has 2 aliphatic rings. The van der Waals surface area contributed by atoms with Crippen LogP contribution in [0, 0.1) is 0 Å². The quantitative estimate of drug-likeness (QED) is 0.495. The van der Waals surface area contributed by atoms with E-state index >= 15 is 0 Å². The summed E-state index contributed by atoms with van der Waals surface area (Å²) in [4.78, 5) is 51.6. The number of halogens is 1. The fourth-order valence-corrected chi connectivity index (χ4v) is 5.44. The summed E-state index contributed by atoms with van der Waals surface area (Å²) in [6, 6.07) is 4.77. The monoisotopic (exact) mass is 556 g/mol. The number of piperazine rings is 1. The molecule has 2 saturated heterocycles. The minimum absolute atomic E-state index is 0.0628. The van der Waals surface area contributed by atoms with Gasteiger partial charge < -0.3 is 29.6 Å². The smallest absolute Gasteiger partial charge is 0.409 e. The van der Waals surface area contributed by atoms with Gasteiger partial charge in [0.2, 0.25) is 11.8 Å². The Hall–Kier alpha value is -3.41. The van der Waals surface area contributed by atoms with Crippen molar-refractivity contribution >= 4 is 57.0 Å². The minimum Gasteiger partial charge on any atom is -0.450 e. The van der Waals surface area contributed by atoms with Gasteiger partial charge >= 0.3 is 6.09 Å². The van der Waals surface area contributed by atoms with E-state index < -0.39 is 11.6 Å². The van der Waals surface area contributed by atoms with E-state index in [1.54, 1.807) is 35.2 Å². The number of anilines is 1. The standard InChI is InChI=1S/C27H33ClN6O5/c1-4-38-26(37)33-9-7-32(8-10-33)23(35)14-34-16-27(2,3)39-15-22(34)25(36)31-20-12-17(28)11-19-18-5-6-29-13-21(18)30-24(19)20/h5-6,11-13,22,30H,4,7-10,14-16H2,1-3H3,(H,31,36)/t22-/m0/s1. The number of rotatable bonds is 5. The first-order valence-electron chi connectivity index (χ1n) is 13.1. The number of morpholine rings is 1. The minimum atomic E-state index is -0.678. The number of hydrogen-bond donors (Lipinski definition) is 2. The van der Waals surface area contributed by atoms with E-state index in [4.69, 9.17) is 21.1 Å².